The predicted octanol–water partition coefficient (Wildman–Crippen LogP) is 2.20. The van der Waals surface area contributed by atoms with Gasteiger partial charge in [0.05, 0.1) is 24.0 Å². The Balaban J connectivity index is 2.17. The van der Waals surface area contributed by atoms with E-state index in [1.54, 1.807) is 13.8 Å². The third-order valence-corrected chi connectivity index (χ3v) is 4.67. The number of ether oxygens (including phenoxy) is 1. The molecule has 1 aromatic rings. The van der Waals surface area contributed by atoms with Gasteiger partial charge in [-0.15, -0.1) is 11.3 Å². The topological polar surface area (TPSA) is 92.7 Å². The molecule has 21 heavy (non-hydrogen) atoms. The minimum Gasteiger partial charge on any atom is -0.481 e. The second-order valence-corrected chi connectivity index (χ2v) is 6.21. The summed E-state index contributed by atoms with van der Waals surface area (Å²) in [5.41, 5.74) is 1.14. The van der Waals surface area contributed by atoms with Crippen molar-refractivity contribution in [3.8, 4) is 0 Å². The lowest BCUT2D eigenvalue weighted by atomic mass is 10.1. The Morgan fingerprint density at radius 2 is 2.00 bits per heavy atom. The molecule has 0 aromatic carbocycles. The number of aryl methyl sites for hydroxylation is 1. The number of rotatable bonds is 5. The Morgan fingerprint density at radius 1 is 1.33 bits per heavy atom. The third kappa shape index (κ3) is 3.07. The molecule has 0 saturated heterocycles. The Hall–Kier alpha value is -1.89. The van der Waals surface area contributed by atoms with Crippen LogP contribution in [0.3, 0.4) is 0 Å². The number of hydrogen-bond donors (Lipinski definition) is 2. The fourth-order valence-corrected chi connectivity index (χ4v) is 3.18. The van der Waals surface area contributed by atoms with Crippen LogP contribution in [-0.4, -0.2) is 29.6 Å². The summed E-state index contributed by atoms with van der Waals surface area (Å²) >= 11 is 1.30. The normalized spacial score (nSPS) is 20.0. The highest BCUT2D eigenvalue weighted by Crippen LogP contribution is 2.41. The van der Waals surface area contributed by atoms with Gasteiger partial charge in [0, 0.05) is 4.88 Å². The number of esters is 1. The summed E-state index contributed by atoms with van der Waals surface area (Å²) in [5.74, 6) is -2.91. The minimum absolute atomic E-state index is 0.254. The molecule has 1 aromatic heterocycles. The van der Waals surface area contributed by atoms with Gasteiger partial charge in [0.15, 0.2) is 0 Å². The molecular weight excluding hydrogens is 294 g/mol. The maximum Gasteiger partial charge on any atom is 0.341 e. The highest BCUT2D eigenvalue weighted by atomic mass is 32.1. The molecule has 0 aliphatic heterocycles. The number of carboxylic acids is 1. The van der Waals surface area contributed by atoms with Crippen molar-refractivity contribution in [3.05, 3.63) is 16.0 Å². The maximum absolute atomic E-state index is 12.0. The largest absolute Gasteiger partial charge is 0.481 e. The van der Waals surface area contributed by atoms with Crippen LogP contribution in [0.5, 0.6) is 0 Å². The van der Waals surface area contributed by atoms with Gasteiger partial charge in [-0.1, -0.05) is 0 Å². The molecule has 0 bridgehead atoms. The first-order valence-corrected chi connectivity index (χ1v) is 7.49. The van der Waals surface area contributed by atoms with Gasteiger partial charge in [-0.05, 0) is 32.8 Å². The van der Waals surface area contributed by atoms with E-state index < -0.39 is 23.8 Å². The fourth-order valence-electron chi connectivity index (χ4n) is 2.13. The van der Waals surface area contributed by atoms with Crippen molar-refractivity contribution >= 4 is 34.2 Å². The molecule has 1 aliphatic rings. The van der Waals surface area contributed by atoms with Crippen LogP contribution in [0.2, 0.25) is 0 Å². The highest BCUT2D eigenvalue weighted by molar-refractivity contribution is 7.16. The molecule has 1 aliphatic carbocycles. The number of aliphatic carboxylic acids is 1. The SMILES string of the molecule is CCOC(=O)c1c(NC(=O)[C@@H]2C[C@@H]2C(=O)O)sc(C)c1C. The van der Waals surface area contributed by atoms with Gasteiger partial charge < -0.3 is 15.2 Å². The second-order valence-electron chi connectivity index (χ2n) is 4.98. The molecule has 1 saturated carbocycles. The molecule has 114 valence electrons. The molecule has 0 unspecified atom stereocenters. The van der Waals surface area contributed by atoms with Crippen LogP contribution >= 0.6 is 11.3 Å². The molecule has 1 amide bonds. The maximum atomic E-state index is 12.0. The summed E-state index contributed by atoms with van der Waals surface area (Å²) in [6, 6.07) is 0. The van der Waals surface area contributed by atoms with Crippen molar-refractivity contribution in [2.45, 2.75) is 27.2 Å². The Bertz CT molecular complexity index is 607. The zero-order chi connectivity index (χ0) is 15.7. The number of hydrogen-bond acceptors (Lipinski definition) is 5. The quantitative estimate of drug-likeness (QED) is 0.813. The van der Waals surface area contributed by atoms with Crippen molar-refractivity contribution in [1.82, 2.24) is 0 Å². The molecule has 2 N–H and O–H groups in total. The van der Waals surface area contributed by atoms with Gasteiger partial charge in [-0.25, -0.2) is 4.79 Å². The number of nitrogens with one attached hydrogen (secondary N) is 1. The first-order chi connectivity index (χ1) is 9.86. The van der Waals surface area contributed by atoms with Crippen LogP contribution in [0.25, 0.3) is 0 Å². The van der Waals surface area contributed by atoms with Gasteiger partial charge in [-0.3, -0.25) is 9.59 Å². The van der Waals surface area contributed by atoms with E-state index in [4.69, 9.17) is 9.84 Å². The van der Waals surface area contributed by atoms with Crippen molar-refractivity contribution < 1.29 is 24.2 Å². The molecule has 1 fully saturated rings. The minimum atomic E-state index is -0.959. The average molecular weight is 311 g/mol. The van der Waals surface area contributed by atoms with Crippen molar-refractivity contribution in [2.75, 3.05) is 11.9 Å². The van der Waals surface area contributed by atoms with E-state index in [2.05, 4.69) is 5.32 Å². The molecule has 2 atom stereocenters. The molecule has 1 heterocycles. The molecule has 0 radical (unpaired) electrons. The Labute approximate surface area is 126 Å². The van der Waals surface area contributed by atoms with E-state index in [9.17, 15) is 14.4 Å². The molecular formula is C14H17NO5S. The first kappa shape index (κ1) is 15.5. The second kappa shape index (κ2) is 5.85. The fraction of sp³-hybridized carbons (Fsp3) is 0.500. The van der Waals surface area contributed by atoms with Crippen LogP contribution in [0.15, 0.2) is 0 Å². The van der Waals surface area contributed by atoms with E-state index in [0.717, 1.165) is 10.4 Å². The number of anilines is 1. The summed E-state index contributed by atoms with van der Waals surface area (Å²) in [6.07, 6.45) is 0.346. The van der Waals surface area contributed by atoms with Crippen molar-refractivity contribution in [3.63, 3.8) is 0 Å². The molecule has 7 heteroatoms. The van der Waals surface area contributed by atoms with Gasteiger partial charge >= 0.3 is 11.9 Å². The summed E-state index contributed by atoms with van der Waals surface area (Å²) in [7, 11) is 0. The van der Waals surface area contributed by atoms with Crippen molar-refractivity contribution in [1.29, 1.82) is 0 Å². The lowest BCUT2D eigenvalue weighted by Crippen LogP contribution is -2.18. The lowest BCUT2D eigenvalue weighted by molar-refractivity contribution is -0.139. The van der Waals surface area contributed by atoms with Gasteiger partial charge in [0.25, 0.3) is 0 Å². The van der Waals surface area contributed by atoms with Crippen LogP contribution < -0.4 is 5.32 Å². The van der Waals surface area contributed by atoms with Crippen LogP contribution in [0.1, 0.15) is 34.1 Å². The summed E-state index contributed by atoms with van der Waals surface area (Å²) in [6.45, 7) is 5.62. The van der Waals surface area contributed by atoms with Crippen LogP contribution in [0, 0.1) is 25.7 Å². The van der Waals surface area contributed by atoms with Gasteiger partial charge in [0.1, 0.15) is 5.00 Å². The Kier molecular flexibility index (Phi) is 4.32. The third-order valence-electron chi connectivity index (χ3n) is 3.55. The van der Waals surface area contributed by atoms with E-state index in [1.165, 1.54) is 11.3 Å². The van der Waals surface area contributed by atoms with E-state index in [0.29, 0.717) is 17.0 Å². The standard InChI is InChI=1S/C14H17NO5S/c1-4-20-14(19)10-6(2)7(3)21-12(10)15-11(16)8-5-9(8)13(17)18/h8-9H,4-5H2,1-3H3,(H,15,16)(H,17,18)/t8-,9+/m1/s1. The zero-order valence-electron chi connectivity index (χ0n) is 12.1. The van der Waals surface area contributed by atoms with Gasteiger partial charge in [-0.2, -0.15) is 0 Å². The average Bonchev–Trinajstić information content (AvgIpc) is 3.14. The summed E-state index contributed by atoms with van der Waals surface area (Å²) in [5, 5.41) is 12.0. The van der Waals surface area contributed by atoms with E-state index in [-0.39, 0.29) is 12.5 Å². The van der Waals surface area contributed by atoms with E-state index >= 15 is 0 Å². The highest BCUT2D eigenvalue weighted by Gasteiger charge is 2.48. The smallest absolute Gasteiger partial charge is 0.341 e. The van der Waals surface area contributed by atoms with Crippen LogP contribution in [-0.2, 0) is 14.3 Å². The van der Waals surface area contributed by atoms with E-state index in [1.807, 2.05) is 6.92 Å². The van der Waals surface area contributed by atoms with Crippen molar-refractivity contribution in [2.24, 2.45) is 11.8 Å². The number of carboxylic acid groups (broad SMARTS) is 1. The van der Waals surface area contributed by atoms with Crippen LogP contribution in [0.4, 0.5) is 5.00 Å². The summed E-state index contributed by atoms with van der Waals surface area (Å²) in [4.78, 5) is 35.7. The number of carbonyl (C=O) groups is 3. The number of thiophene rings is 1. The predicted molar refractivity (Wildman–Crippen MR) is 77.6 cm³/mol. The van der Waals surface area contributed by atoms with Gasteiger partial charge in [0.2, 0.25) is 5.91 Å². The number of carbonyl (C=O) groups excluding carboxylic acids is 2. The number of amides is 1. The zero-order valence-corrected chi connectivity index (χ0v) is 12.9. The Morgan fingerprint density at radius 3 is 2.52 bits per heavy atom. The lowest BCUT2D eigenvalue weighted by Gasteiger charge is -2.06. The monoisotopic (exact) mass is 311 g/mol. The molecule has 2 rings (SSSR count). The first-order valence-electron chi connectivity index (χ1n) is 6.67. The molecule has 0 spiro atoms. The molecule has 6 nitrogen and oxygen atoms in total. The summed E-state index contributed by atoms with van der Waals surface area (Å²) < 4.78 is 5.00.